The molecule has 7 nitrogen and oxygen atoms in total. The van der Waals surface area contributed by atoms with Crippen LogP contribution < -0.4 is 10.5 Å². The second kappa shape index (κ2) is 9.91. The van der Waals surface area contributed by atoms with E-state index >= 15 is 0 Å². The molecule has 0 aliphatic rings. The first-order chi connectivity index (χ1) is 14.0. The topological polar surface area (TPSA) is 98.9 Å². The number of hydrogen-bond donors (Lipinski definition) is 1. The second-order valence-electron chi connectivity index (χ2n) is 7.93. The van der Waals surface area contributed by atoms with Crippen LogP contribution in [0.1, 0.15) is 54.3 Å². The number of carbonyl (C=O) groups excluding carboxylic acids is 3. The third-order valence-electron chi connectivity index (χ3n) is 4.12. The molecule has 0 atom stereocenters. The lowest BCUT2D eigenvalue weighted by atomic mass is 10.1. The molecule has 0 aromatic heterocycles. The Labute approximate surface area is 176 Å². The molecule has 0 unspecified atom stereocenters. The van der Waals surface area contributed by atoms with E-state index in [0.29, 0.717) is 35.6 Å². The number of rotatable bonds is 8. The first kappa shape index (κ1) is 22.9. The predicted octanol–water partition coefficient (Wildman–Crippen LogP) is 3.77. The van der Waals surface area contributed by atoms with Crippen molar-refractivity contribution in [2.45, 2.75) is 39.2 Å². The van der Waals surface area contributed by atoms with Gasteiger partial charge in [-0.3, -0.25) is 14.4 Å². The second-order valence-corrected chi connectivity index (χ2v) is 7.93. The molecular formula is C23H28N2O5. The fourth-order valence-corrected chi connectivity index (χ4v) is 2.66. The van der Waals surface area contributed by atoms with Crippen molar-refractivity contribution in [2.24, 2.45) is 5.73 Å². The van der Waals surface area contributed by atoms with Gasteiger partial charge >= 0.3 is 5.97 Å². The van der Waals surface area contributed by atoms with Crippen LogP contribution in [-0.2, 0) is 9.53 Å². The summed E-state index contributed by atoms with van der Waals surface area (Å²) in [6, 6.07) is 13.2. The maximum atomic E-state index is 12.5. The standard InChI is InChI=1S/C23H28N2O5/c1-23(2,3)30-20(26)6-5-15-25(4)22(28)17-9-13-19(14-10-17)29-18-11-7-16(8-12-18)21(24)27/h7-14H,5-6,15H2,1-4H3,(H2,24,27). The number of amides is 2. The van der Waals surface area contributed by atoms with Gasteiger partial charge in [0.15, 0.2) is 0 Å². The molecule has 2 aromatic carbocycles. The van der Waals surface area contributed by atoms with Crippen molar-refractivity contribution in [1.29, 1.82) is 0 Å². The largest absolute Gasteiger partial charge is 0.460 e. The Morgan fingerprint density at radius 2 is 1.40 bits per heavy atom. The smallest absolute Gasteiger partial charge is 0.306 e. The molecule has 2 amide bonds. The highest BCUT2D eigenvalue weighted by Crippen LogP contribution is 2.22. The van der Waals surface area contributed by atoms with Crippen molar-refractivity contribution in [2.75, 3.05) is 13.6 Å². The van der Waals surface area contributed by atoms with Crippen LogP contribution in [0, 0.1) is 0 Å². The van der Waals surface area contributed by atoms with E-state index in [1.54, 1.807) is 60.5 Å². The zero-order valence-electron chi connectivity index (χ0n) is 17.8. The lowest BCUT2D eigenvalue weighted by molar-refractivity contribution is -0.154. The molecule has 0 aliphatic heterocycles. The molecule has 2 aromatic rings. The maximum Gasteiger partial charge on any atom is 0.306 e. The van der Waals surface area contributed by atoms with E-state index in [1.807, 2.05) is 20.8 Å². The average molecular weight is 412 g/mol. The lowest BCUT2D eigenvalue weighted by Gasteiger charge is -2.20. The Balaban J connectivity index is 1.86. The molecule has 0 radical (unpaired) electrons. The van der Waals surface area contributed by atoms with Gasteiger partial charge in [0.05, 0.1) is 0 Å². The van der Waals surface area contributed by atoms with Gasteiger partial charge in [0, 0.05) is 31.1 Å². The number of primary amides is 1. The fourth-order valence-electron chi connectivity index (χ4n) is 2.66. The highest BCUT2D eigenvalue weighted by Gasteiger charge is 2.17. The summed E-state index contributed by atoms with van der Waals surface area (Å²) in [4.78, 5) is 37.0. The van der Waals surface area contributed by atoms with Crippen molar-refractivity contribution in [3.8, 4) is 11.5 Å². The number of nitrogens with two attached hydrogens (primary N) is 1. The highest BCUT2D eigenvalue weighted by atomic mass is 16.6. The zero-order valence-corrected chi connectivity index (χ0v) is 17.8. The molecular weight excluding hydrogens is 384 g/mol. The van der Waals surface area contributed by atoms with E-state index in [4.69, 9.17) is 15.2 Å². The number of carbonyl (C=O) groups is 3. The van der Waals surface area contributed by atoms with E-state index in [2.05, 4.69) is 0 Å². The molecule has 2 N–H and O–H groups in total. The van der Waals surface area contributed by atoms with E-state index in [-0.39, 0.29) is 18.3 Å². The quantitative estimate of drug-likeness (QED) is 0.666. The van der Waals surface area contributed by atoms with Crippen molar-refractivity contribution >= 4 is 17.8 Å². The fraction of sp³-hybridized carbons (Fsp3) is 0.348. The SMILES string of the molecule is CN(CCCC(=O)OC(C)(C)C)C(=O)c1ccc(Oc2ccc(C(N)=O)cc2)cc1. The third-order valence-corrected chi connectivity index (χ3v) is 4.12. The maximum absolute atomic E-state index is 12.5. The summed E-state index contributed by atoms with van der Waals surface area (Å²) in [6.45, 7) is 5.92. The first-order valence-electron chi connectivity index (χ1n) is 9.70. The van der Waals surface area contributed by atoms with Gasteiger partial charge in [0.1, 0.15) is 17.1 Å². The van der Waals surface area contributed by atoms with Gasteiger partial charge in [-0.05, 0) is 75.7 Å². The number of nitrogens with zero attached hydrogens (tertiary/aromatic N) is 1. The van der Waals surface area contributed by atoms with Crippen molar-refractivity contribution in [3.63, 3.8) is 0 Å². The van der Waals surface area contributed by atoms with Gasteiger partial charge in [-0.25, -0.2) is 0 Å². The Hall–Kier alpha value is -3.35. The van der Waals surface area contributed by atoms with E-state index in [0.717, 1.165) is 0 Å². The molecule has 0 saturated heterocycles. The summed E-state index contributed by atoms with van der Waals surface area (Å²) >= 11 is 0. The van der Waals surface area contributed by atoms with Crippen molar-refractivity contribution in [3.05, 3.63) is 59.7 Å². The summed E-state index contributed by atoms with van der Waals surface area (Å²) in [6.07, 6.45) is 0.788. The minimum Gasteiger partial charge on any atom is -0.460 e. The van der Waals surface area contributed by atoms with Crippen LogP contribution in [0.3, 0.4) is 0 Å². The molecule has 30 heavy (non-hydrogen) atoms. The van der Waals surface area contributed by atoms with Crippen LogP contribution in [0.2, 0.25) is 0 Å². The zero-order chi connectivity index (χ0) is 22.3. The minimum atomic E-state index is -0.507. The monoisotopic (exact) mass is 412 g/mol. The van der Waals surface area contributed by atoms with Gasteiger partial charge in [-0.2, -0.15) is 0 Å². The van der Waals surface area contributed by atoms with Gasteiger partial charge in [-0.15, -0.1) is 0 Å². The van der Waals surface area contributed by atoms with Gasteiger partial charge in [0.2, 0.25) is 5.91 Å². The molecule has 2 rings (SSSR count). The Bertz CT molecular complexity index is 883. The highest BCUT2D eigenvalue weighted by molar-refractivity contribution is 5.94. The number of hydrogen-bond acceptors (Lipinski definition) is 5. The minimum absolute atomic E-state index is 0.142. The van der Waals surface area contributed by atoms with Gasteiger partial charge in [-0.1, -0.05) is 0 Å². The predicted molar refractivity (Wildman–Crippen MR) is 114 cm³/mol. The molecule has 160 valence electrons. The first-order valence-corrected chi connectivity index (χ1v) is 9.70. The molecule has 7 heteroatoms. The van der Waals surface area contributed by atoms with E-state index in [1.165, 1.54) is 0 Å². The van der Waals surface area contributed by atoms with Crippen molar-refractivity contribution in [1.82, 2.24) is 4.90 Å². The lowest BCUT2D eigenvalue weighted by Crippen LogP contribution is -2.29. The van der Waals surface area contributed by atoms with Crippen LogP contribution in [0.4, 0.5) is 0 Å². The summed E-state index contributed by atoms with van der Waals surface area (Å²) < 4.78 is 11.0. The van der Waals surface area contributed by atoms with E-state index in [9.17, 15) is 14.4 Å². The molecule has 0 spiro atoms. The average Bonchev–Trinajstić information content (AvgIpc) is 2.67. The Morgan fingerprint density at radius 1 is 0.900 bits per heavy atom. The summed E-state index contributed by atoms with van der Waals surface area (Å²) in [7, 11) is 1.70. The van der Waals surface area contributed by atoms with Crippen molar-refractivity contribution < 1.29 is 23.9 Å². The number of ether oxygens (including phenoxy) is 2. The number of benzene rings is 2. The van der Waals surface area contributed by atoms with Crippen LogP contribution in [-0.4, -0.2) is 41.9 Å². The Kier molecular flexibility index (Phi) is 7.58. The van der Waals surface area contributed by atoms with Gasteiger partial charge in [0.25, 0.3) is 5.91 Å². The molecule has 0 heterocycles. The Morgan fingerprint density at radius 3 is 1.87 bits per heavy atom. The molecule has 0 bridgehead atoms. The summed E-state index contributed by atoms with van der Waals surface area (Å²) in [5, 5.41) is 0. The third kappa shape index (κ3) is 7.24. The molecule has 0 fully saturated rings. The molecule has 0 aliphatic carbocycles. The van der Waals surface area contributed by atoms with Crippen LogP contribution in [0.25, 0.3) is 0 Å². The van der Waals surface area contributed by atoms with E-state index < -0.39 is 11.5 Å². The summed E-state index contributed by atoms with van der Waals surface area (Å²) in [5.41, 5.74) is 5.63. The van der Waals surface area contributed by atoms with Crippen LogP contribution in [0.15, 0.2) is 48.5 Å². The number of esters is 1. The van der Waals surface area contributed by atoms with Gasteiger partial charge < -0.3 is 20.1 Å². The normalized spacial score (nSPS) is 10.9. The van der Waals surface area contributed by atoms with Crippen LogP contribution >= 0.6 is 0 Å². The summed E-state index contributed by atoms with van der Waals surface area (Å²) in [5.74, 6) is 0.203. The molecule has 0 saturated carbocycles. The van der Waals surface area contributed by atoms with Crippen LogP contribution in [0.5, 0.6) is 11.5 Å².